The maximum Gasteiger partial charge on any atom is 0.418 e. The molecule has 0 saturated carbocycles. The van der Waals surface area contributed by atoms with Crippen molar-refractivity contribution in [1.29, 1.82) is 0 Å². The molecule has 0 radical (unpaired) electrons. The second-order valence-electron chi connectivity index (χ2n) is 4.62. The van der Waals surface area contributed by atoms with Gasteiger partial charge in [-0.1, -0.05) is 17.7 Å². The van der Waals surface area contributed by atoms with Crippen LogP contribution >= 0.6 is 0 Å². The maximum absolute atomic E-state index is 12.8. The van der Waals surface area contributed by atoms with Crippen LogP contribution in [0.15, 0.2) is 36.4 Å². The highest BCUT2D eigenvalue weighted by Crippen LogP contribution is 2.37. The van der Waals surface area contributed by atoms with E-state index in [0.717, 1.165) is 17.2 Å². The van der Waals surface area contributed by atoms with Crippen LogP contribution in [0.3, 0.4) is 0 Å². The first-order valence-electron chi connectivity index (χ1n) is 5.99. The van der Waals surface area contributed by atoms with Crippen molar-refractivity contribution < 1.29 is 17.9 Å². The van der Waals surface area contributed by atoms with Crippen molar-refractivity contribution in [1.82, 2.24) is 0 Å². The minimum atomic E-state index is -4.49. The van der Waals surface area contributed by atoms with Gasteiger partial charge in [-0.2, -0.15) is 13.2 Å². The van der Waals surface area contributed by atoms with Gasteiger partial charge >= 0.3 is 6.18 Å². The summed E-state index contributed by atoms with van der Waals surface area (Å²) in [6.45, 7) is 3.77. The van der Waals surface area contributed by atoms with E-state index in [-0.39, 0.29) is 11.4 Å². The normalized spacial score (nSPS) is 11.4. The molecule has 106 valence electrons. The minimum Gasteiger partial charge on any atom is -0.457 e. The van der Waals surface area contributed by atoms with Gasteiger partial charge in [0.05, 0.1) is 5.56 Å². The number of halogens is 3. The Bertz CT molecular complexity index is 636. The number of hydrogen-bond acceptors (Lipinski definition) is 2. The van der Waals surface area contributed by atoms with Crippen molar-refractivity contribution in [2.24, 2.45) is 0 Å². The Balaban J connectivity index is 2.35. The van der Waals surface area contributed by atoms with Gasteiger partial charge < -0.3 is 10.5 Å². The zero-order valence-electron chi connectivity index (χ0n) is 11.1. The SMILES string of the molecule is Cc1ccc(Oc2ccc(N)c(C(F)(F)F)c2)c(C)c1. The predicted octanol–water partition coefficient (Wildman–Crippen LogP) is 4.70. The summed E-state index contributed by atoms with van der Waals surface area (Å²) in [5.74, 6) is 0.631. The van der Waals surface area contributed by atoms with Crippen LogP contribution in [0.5, 0.6) is 11.5 Å². The van der Waals surface area contributed by atoms with Crippen molar-refractivity contribution in [3.05, 3.63) is 53.1 Å². The molecule has 0 aliphatic rings. The number of benzene rings is 2. The number of nitrogens with two attached hydrogens (primary N) is 1. The Morgan fingerprint density at radius 3 is 2.30 bits per heavy atom. The van der Waals surface area contributed by atoms with E-state index in [1.807, 2.05) is 26.0 Å². The average Bonchev–Trinajstić information content (AvgIpc) is 2.33. The molecule has 5 heteroatoms. The van der Waals surface area contributed by atoms with E-state index in [1.54, 1.807) is 6.07 Å². The zero-order valence-corrected chi connectivity index (χ0v) is 11.1. The summed E-state index contributed by atoms with van der Waals surface area (Å²) in [7, 11) is 0. The molecule has 0 bridgehead atoms. The van der Waals surface area contributed by atoms with Crippen LogP contribution in [-0.4, -0.2) is 0 Å². The molecule has 0 spiro atoms. The van der Waals surface area contributed by atoms with Crippen LogP contribution in [0.4, 0.5) is 18.9 Å². The number of aryl methyl sites for hydroxylation is 2. The molecule has 2 aromatic carbocycles. The Morgan fingerprint density at radius 1 is 1.00 bits per heavy atom. The van der Waals surface area contributed by atoms with Crippen LogP contribution in [-0.2, 0) is 6.18 Å². The molecule has 2 nitrogen and oxygen atoms in total. The molecule has 0 fully saturated rings. The van der Waals surface area contributed by atoms with Crippen molar-refractivity contribution >= 4 is 5.69 Å². The average molecular weight is 281 g/mol. The van der Waals surface area contributed by atoms with Crippen LogP contribution in [0, 0.1) is 13.8 Å². The highest BCUT2D eigenvalue weighted by atomic mass is 19.4. The summed E-state index contributed by atoms with van der Waals surface area (Å²) in [6.07, 6.45) is -4.49. The molecule has 20 heavy (non-hydrogen) atoms. The van der Waals surface area contributed by atoms with Crippen LogP contribution in [0.1, 0.15) is 16.7 Å². The van der Waals surface area contributed by atoms with Gasteiger partial charge in [-0.15, -0.1) is 0 Å². The molecule has 0 unspecified atom stereocenters. The lowest BCUT2D eigenvalue weighted by Gasteiger charge is -2.13. The largest absolute Gasteiger partial charge is 0.457 e. The highest BCUT2D eigenvalue weighted by molar-refractivity contribution is 5.53. The third kappa shape index (κ3) is 3.04. The molecular weight excluding hydrogens is 267 g/mol. The molecule has 0 saturated heterocycles. The molecule has 0 atom stereocenters. The van der Waals surface area contributed by atoms with Gasteiger partial charge in [0, 0.05) is 5.69 Å². The van der Waals surface area contributed by atoms with E-state index < -0.39 is 11.7 Å². The van der Waals surface area contributed by atoms with Crippen molar-refractivity contribution in [3.63, 3.8) is 0 Å². The smallest absolute Gasteiger partial charge is 0.418 e. The van der Waals surface area contributed by atoms with E-state index in [4.69, 9.17) is 10.5 Å². The first kappa shape index (κ1) is 14.2. The highest BCUT2D eigenvalue weighted by Gasteiger charge is 2.33. The van der Waals surface area contributed by atoms with Crippen LogP contribution in [0.25, 0.3) is 0 Å². The van der Waals surface area contributed by atoms with Crippen LogP contribution < -0.4 is 10.5 Å². The lowest BCUT2D eigenvalue weighted by atomic mass is 10.1. The molecule has 0 aliphatic carbocycles. The van der Waals surface area contributed by atoms with Crippen LogP contribution in [0.2, 0.25) is 0 Å². The topological polar surface area (TPSA) is 35.2 Å². The van der Waals surface area contributed by atoms with Crippen molar-refractivity contribution in [2.75, 3.05) is 5.73 Å². The third-order valence-electron chi connectivity index (χ3n) is 2.89. The summed E-state index contributed by atoms with van der Waals surface area (Å²) in [6, 6.07) is 9.00. The molecule has 0 aromatic heterocycles. The fourth-order valence-corrected chi connectivity index (χ4v) is 1.89. The quantitative estimate of drug-likeness (QED) is 0.810. The van der Waals surface area contributed by atoms with Gasteiger partial charge in [0.25, 0.3) is 0 Å². The van der Waals surface area contributed by atoms with E-state index in [1.165, 1.54) is 12.1 Å². The molecule has 2 rings (SSSR count). The van der Waals surface area contributed by atoms with Gasteiger partial charge in [0.15, 0.2) is 0 Å². The molecule has 0 amide bonds. The Morgan fingerprint density at radius 2 is 1.70 bits per heavy atom. The molecule has 0 aliphatic heterocycles. The standard InChI is InChI=1S/C15H14F3NO/c1-9-3-6-14(10(2)7-9)20-11-4-5-13(19)12(8-11)15(16,17)18/h3-8H,19H2,1-2H3. The monoisotopic (exact) mass is 281 g/mol. The van der Waals surface area contributed by atoms with E-state index in [2.05, 4.69) is 0 Å². The number of hydrogen-bond donors (Lipinski definition) is 1. The van der Waals surface area contributed by atoms with E-state index in [0.29, 0.717) is 5.75 Å². The zero-order chi connectivity index (χ0) is 14.9. The van der Waals surface area contributed by atoms with Crippen molar-refractivity contribution in [3.8, 4) is 11.5 Å². The molecule has 0 heterocycles. The summed E-state index contributed by atoms with van der Waals surface area (Å²) in [5, 5.41) is 0. The Hall–Kier alpha value is -2.17. The fourth-order valence-electron chi connectivity index (χ4n) is 1.89. The van der Waals surface area contributed by atoms with E-state index >= 15 is 0 Å². The summed E-state index contributed by atoms with van der Waals surface area (Å²) in [5.41, 5.74) is 6.05. The van der Waals surface area contributed by atoms with Gasteiger partial charge in [0.1, 0.15) is 11.5 Å². The molecule has 2 N–H and O–H groups in total. The third-order valence-corrected chi connectivity index (χ3v) is 2.89. The lowest BCUT2D eigenvalue weighted by molar-refractivity contribution is -0.137. The number of anilines is 1. The lowest BCUT2D eigenvalue weighted by Crippen LogP contribution is -2.08. The van der Waals surface area contributed by atoms with Gasteiger partial charge in [-0.05, 0) is 43.7 Å². The number of alkyl halides is 3. The summed E-state index contributed by atoms with van der Waals surface area (Å²) >= 11 is 0. The number of ether oxygens (including phenoxy) is 1. The van der Waals surface area contributed by atoms with Gasteiger partial charge in [-0.3, -0.25) is 0 Å². The summed E-state index contributed by atoms with van der Waals surface area (Å²) < 4.78 is 43.8. The number of nitrogen functional groups attached to an aromatic ring is 1. The first-order chi connectivity index (χ1) is 9.27. The van der Waals surface area contributed by atoms with Crippen molar-refractivity contribution in [2.45, 2.75) is 20.0 Å². The Labute approximate surface area is 115 Å². The number of rotatable bonds is 2. The van der Waals surface area contributed by atoms with E-state index in [9.17, 15) is 13.2 Å². The summed E-state index contributed by atoms with van der Waals surface area (Å²) in [4.78, 5) is 0. The van der Waals surface area contributed by atoms with Gasteiger partial charge in [0.2, 0.25) is 0 Å². The molecule has 2 aromatic rings. The second-order valence-corrected chi connectivity index (χ2v) is 4.62. The van der Waals surface area contributed by atoms with Gasteiger partial charge in [-0.25, -0.2) is 0 Å². The second kappa shape index (κ2) is 5.07. The first-order valence-corrected chi connectivity index (χ1v) is 5.99. The Kier molecular flexibility index (Phi) is 3.61. The fraction of sp³-hybridized carbons (Fsp3) is 0.200. The predicted molar refractivity (Wildman–Crippen MR) is 71.8 cm³/mol. The molecular formula is C15H14F3NO. The maximum atomic E-state index is 12.8. The minimum absolute atomic E-state index is 0.110.